The molecule has 0 bridgehead atoms. The zero-order valence-corrected chi connectivity index (χ0v) is 14.1. The fourth-order valence-corrected chi connectivity index (χ4v) is 3.68. The third kappa shape index (κ3) is 3.03. The second-order valence-corrected chi connectivity index (χ2v) is 6.42. The number of nitrogens with zero attached hydrogens (tertiary/aromatic N) is 2. The third-order valence-corrected chi connectivity index (χ3v) is 5.06. The summed E-state index contributed by atoms with van der Waals surface area (Å²) < 4.78 is 0. The van der Waals surface area contributed by atoms with Gasteiger partial charge in [0.2, 0.25) is 0 Å². The lowest BCUT2D eigenvalue weighted by atomic mass is 10.0. The first-order chi connectivity index (χ1) is 10.8. The van der Waals surface area contributed by atoms with Crippen LogP contribution in [0.25, 0.3) is 22.3 Å². The summed E-state index contributed by atoms with van der Waals surface area (Å²) in [6, 6.07) is 12.8. The number of aromatic nitrogens is 2. The predicted octanol–water partition coefficient (Wildman–Crippen LogP) is 5.25. The van der Waals surface area contributed by atoms with Crippen LogP contribution in [0.15, 0.2) is 71.0 Å². The van der Waals surface area contributed by atoms with Crippen LogP contribution in [0.3, 0.4) is 0 Å². The first kappa shape index (κ1) is 15.1. The van der Waals surface area contributed by atoms with Crippen LogP contribution in [0.2, 0.25) is 0 Å². The van der Waals surface area contributed by atoms with Crippen molar-refractivity contribution < 1.29 is 0 Å². The maximum absolute atomic E-state index is 4.12. The second kappa shape index (κ2) is 6.99. The fourth-order valence-electron chi connectivity index (χ4n) is 2.41. The number of hydrogen-bond donors (Lipinski definition) is 0. The Morgan fingerprint density at radius 1 is 0.636 bits per heavy atom. The summed E-state index contributed by atoms with van der Waals surface area (Å²) >= 11 is 3.55. The molecular formula is C18H16N2S2. The molecular weight excluding hydrogens is 308 g/mol. The Hall–Kier alpha value is -1.78. The van der Waals surface area contributed by atoms with Crippen molar-refractivity contribution in [1.82, 2.24) is 9.97 Å². The van der Waals surface area contributed by atoms with Crippen LogP contribution in [-0.4, -0.2) is 22.5 Å². The van der Waals surface area contributed by atoms with Gasteiger partial charge < -0.3 is 0 Å². The average molecular weight is 324 g/mol. The van der Waals surface area contributed by atoms with Gasteiger partial charge in [-0.25, -0.2) is 0 Å². The zero-order chi connectivity index (χ0) is 15.4. The van der Waals surface area contributed by atoms with Crippen LogP contribution >= 0.6 is 23.5 Å². The highest BCUT2D eigenvalue weighted by Crippen LogP contribution is 2.39. The standard InChI is InChI=1S/C18H16N2S2/c1-21-17-11-16(14-5-9-20-10-6-14)18(22-2)12-15(17)13-3-7-19-8-4-13/h3-12H,1-2H3. The van der Waals surface area contributed by atoms with Gasteiger partial charge >= 0.3 is 0 Å². The molecule has 110 valence electrons. The van der Waals surface area contributed by atoms with E-state index in [4.69, 9.17) is 0 Å². The van der Waals surface area contributed by atoms with Gasteiger partial charge in [0.25, 0.3) is 0 Å². The highest BCUT2D eigenvalue weighted by Gasteiger charge is 2.12. The molecule has 0 N–H and O–H groups in total. The minimum atomic E-state index is 1.20. The van der Waals surface area contributed by atoms with Crippen LogP contribution in [0.5, 0.6) is 0 Å². The van der Waals surface area contributed by atoms with Crippen molar-refractivity contribution in [2.75, 3.05) is 12.5 Å². The molecule has 0 radical (unpaired) electrons. The molecule has 0 saturated carbocycles. The zero-order valence-electron chi connectivity index (χ0n) is 12.5. The SMILES string of the molecule is CSc1cc(-c2ccncc2)c(SC)cc1-c1ccncc1. The van der Waals surface area contributed by atoms with E-state index in [0.717, 1.165) is 0 Å². The Balaban J connectivity index is 2.19. The molecule has 0 aliphatic rings. The van der Waals surface area contributed by atoms with Crippen LogP contribution in [0.4, 0.5) is 0 Å². The second-order valence-electron chi connectivity index (χ2n) is 4.72. The minimum Gasteiger partial charge on any atom is -0.265 e. The topological polar surface area (TPSA) is 25.8 Å². The van der Waals surface area contributed by atoms with Gasteiger partial charge in [-0.1, -0.05) is 0 Å². The number of thioether (sulfide) groups is 2. The summed E-state index contributed by atoms with van der Waals surface area (Å²) in [5.41, 5.74) is 4.93. The molecule has 22 heavy (non-hydrogen) atoms. The van der Waals surface area contributed by atoms with Crippen molar-refractivity contribution in [2.24, 2.45) is 0 Å². The van der Waals surface area contributed by atoms with Crippen molar-refractivity contribution in [3.05, 3.63) is 61.2 Å². The number of rotatable bonds is 4. The van der Waals surface area contributed by atoms with Crippen molar-refractivity contribution in [3.8, 4) is 22.3 Å². The van der Waals surface area contributed by atoms with Crippen molar-refractivity contribution in [3.63, 3.8) is 0 Å². The van der Waals surface area contributed by atoms with Crippen LogP contribution in [-0.2, 0) is 0 Å². The Morgan fingerprint density at radius 2 is 1.00 bits per heavy atom. The summed E-state index contributed by atoms with van der Waals surface area (Å²) in [5.74, 6) is 0. The van der Waals surface area contributed by atoms with Gasteiger partial charge in [-0.2, -0.15) is 0 Å². The van der Waals surface area contributed by atoms with Crippen LogP contribution in [0, 0.1) is 0 Å². The van der Waals surface area contributed by atoms with Gasteiger partial charge in [0.05, 0.1) is 0 Å². The third-order valence-electron chi connectivity index (χ3n) is 3.50. The molecule has 2 heterocycles. The number of benzene rings is 1. The van der Waals surface area contributed by atoms with Gasteiger partial charge in [0.1, 0.15) is 0 Å². The van der Waals surface area contributed by atoms with Crippen molar-refractivity contribution >= 4 is 23.5 Å². The van der Waals surface area contributed by atoms with Crippen molar-refractivity contribution in [2.45, 2.75) is 9.79 Å². The smallest absolute Gasteiger partial charge is 0.0273 e. The minimum absolute atomic E-state index is 1.20. The molecule has 0 fully saturated rings. The molecule has 3 aromatic rings. The molecule has 2 nitrogen and oxygen atoms in total. The summed E-state index contributed by atoms with van der Waals surface area (Å²) in [7, 11) is 0. The maximum Gasteiger partial charge on any atom is 0.0273 e. The van der Waals surface area contributed by atoms with Gasteiger partial charge in [-0.3, -0.25) is 9.97 Å². The van der Waals surface area contributed by atoms with E-state index in [-0.39, 0.29) is 0 Å². The molecule has 0 aliphatic carbocycles. The lowest BCUT2D eigenvalue weighted by Gasteiger charge is -2.14. The highest BCUT2D eigenvalue weighted by molar-refractivity contribution is 7.99. The lowest BCUT2D eigenvalue weighted by molar-refractivity contribution is 1.29. The summed E-state index contributed by atoms with van der Waals surface area (Å²) in [6.07, 6.45) is 11.6. The van der Waals surface area contributed by atoms with Gasteiger partial charge in [0, 0.05) is 34.6 Å². The molecule has 3 rings (SSSR count). The molecule has 2 aromatic heterocycles. The van der Waals surface area contributed by atoms with E-state index < -0.39 is 0 Å². The van der Waals surface area contributed by atoms with E-state index in [9.17, 15) is 0 Å². The van der Waals surface area contributed by atoms with Gasteiger partial charge in [-0.15, -0.1) is 23.5 Å². The summed E-state index contributed by atoms with van der Waals surface area (Å²) in [5, 5.41) is 0. The maximum atomic E-state index is 4.12. The average Bonchev–Trinajstić information content (AvgIpc) is 2.62. The van der Waals surface area contributed by atoms with Crippen LogP contribution in [0.1, 0.15) is 0 Å². The van der Waals surface area contributed by atoms with Gasteiger partial charge in [-0.05, 0) is 71.2 Å². The van der Waals surface area contributed by atoms with E-state index in [1.54, 1.807) is 23.5 Å². The van der Waals surface area contributed by atoms with Crippen molar-refractivity contribution in [1.29, 1.82) is 0 Å². The highest BCUT2D eigenvalue weighted by atomic mass is 32.2. The Bertz CT molecular complexity index is 692. The molecule has 0 aliphatic heterocycles. The molecule has 4 heteroatoms. The molecule has 0 unspecified atom stereocenters. The van der Waals surface area contributed by atoms with E-state index in [1.165, 1.54) is 32.0 Å². The molecule has 0 spiro atoms. The monoisotopic (exact) mass is 324 g/mol. The molecule has 0 atom stereocenters. The van der Waals surface area contributed by atoms with E-state index in [0.29, 0.717) is 0 Å². The largest absolute Gasteiger partial charge is 0.265 e. The normalized spacial score (nSPS) is 10.6. The Morgan fingerprint density at radius 3 is 1.32 bits per heavy atom. The molecule has 0 saturated heterocycles. The van der Waals surface area contributed by atoms with E-state index in [2.05, 4.69) is 58.9 Å². The number of hydrogen-bond acceptors (Lipinski definition) is 4. The summed E-state index contributed by atoms with van der Waals surface area (Å²) in [4.78, 5) is 10.8. The van der Waals surface area contributed by atoms with Gasteiger partial charge in [0.15, 0.2) is 0 Å². The Labute approximate surface area is 139 Å². The quantitative estimate of drug-likeness (QED) is 0.612. The fraction of sp³-hybridized carbons (Fsp3) is 0.111. The lowest BCUT2D eigenvalue weighted by Crippen LogP contribution is -1.89. The van der Waals surface area contributed by atoms with E-state index >= 15 is 0 Å². The first-order valence-corrected chi connectivity index (χ1v) is 9.35. The Kier molecular flexibility index (Phi) is 4.80. The summed E-state index contributed by atoms with van der Waals surface area (Å²) in [6.45, 7) is 0. The molecule has 0 amide bonds. The number of pyridine rings is 2. The van der Waals surface area contributed by atoms with E-state index in [1.807, 2.05) is 24.8 Å². The predicted molar refractivity (Wildman–Crippen MR) is 96.5 cm³/mol. The van der Waals surface area contributed by atoms with Crippen LogP contribution < -0.4 is 0 Å². The first-order valence-electron chi connectivity index (χ1n) is 6.90. The molecule has 1 aromatic carbocycles.